The van der Waals surface area contributed by atoms with Gasteiger partial charge in [0, 0.05) is 23.7 Å². The van der Waals surface area contributed by atoms with Gasteiger partial charge in [0.15, 0.2) is 0 Å². The van der Waals surface area contributed by atoms with Crippen LogP contribution in [0.3, 0.4) is 0 Å². The molecular weight excluding hydrogens is 312 g/mol. The summed E-state index contributed by atoms with van der Waals surface area (Å²) in [6, 6.07) is 10.9. The lowest BCUT2D eigenvalue weighted by atomic mass is 10.1. The van der Waals surface area contributed by atoms with Gasteiger partial charge in [-0.25, -0.2) is 8.78 Å². The normalized spacial score (nSPS) is 10.6. The minimum Gasteiger partial charge on any atom is -0.348 e. The molecule has 3 rings (SSSR count). The molecule has 0 fully saturated rings. The summed E-state index contributed by atoms with van der Waals surface area (Å²) in [5, 5.41) is 9.36. The topological polar surface area (TPSA) is 57.8 Å². The number of nitrogens with one attached hydrogen (secondary N) is 2. The molecule has 2 aromatic carbocycles. The van der Waals surface area contributed by atoms with E-state index in [9.17, 15) is 13.6 Å². The Bertz CT molecular complexity index is 889. The molecule has 0 aliphatic heterocycles. The minimum absolute atomic E-state index is 0.0383. The second-order valence-electron chi connectivity index (χ2n) is 5.45. The number of H-pyrrole nitrogens is 1. The van der Waals surface area contributed by atoms with E-state index in [1.165, 1.54) is 12.3 Å². The van der Waals surface area contributed by atoms with E-state index < -0.39 is 11.6 Å². The Hall–Kier alpha value is -3.02. The van der Waals surface area contributed by atoms with Crippen LogP contribution >= 0.6 is 0 Å². The van der Waals surface area contributed by atoms with Gasteiger partial charge >= 0.3 is 0 Å². The largest absolute Gasteiger partial charge is 0.348 e. The standard InChI is InChI=1S/C18H15F2N3O/c1-11-3-2-4-12(7-11)17-15(10-22-23-17)18(24)21-9-13-5-6-14(19)8-16(13)20/h2-8,10H,9H2,1H3,(H,21,24)(H,22,23). The molecule has 24 heavy (non-hydrogen) atoms. The molecule has 0 saturated heterocycles. The molecule has 0 bridgehead atoms. The van der Waals surface area contributed by atoms with Crippen molar-refractivity contribution in [3.05, 3.63) is 77.0 Å². The molecule has 1 aromatic heterocycles. The Kier molecular flexibility index (Phi) is 4.37. The Balaban J connectivity index is 1.78. The first kappa shape index (κ1) is 15.9. The fraction of sp³-hybridized carbons (Fsp3) is 0.111. The zero-order valence-electron chi connectivity index (χ0n) is 12.9. The van der Waals surface area contributed by atoms with Crippen LogP contribution in [0.25, 0.3) is 11.3 Å². The molecule has 2 N–H and O–H groups in total. The number of carbonyl (C=O) groups is 1. The summed E-state index contributed by atoms with van der Waals surface area (Å²) in [6.07, 6.45) is 1.42. The first-order chi connectivity index (χ1) is 11.5. The van der Waals surface area contributed by atoms with E-state index in [0.717, 1.165) is 23.3 Å². The molecule has 0 atom stereocenters. The molecule has 1 amide bonds. The predicted octanol–water partition coefficient (Wildman–Crippen LogP) is 3.59. The fourth-order valence-corrected chi connectivity index (χ4v) is 2.41. The molecule has 1 heterocycles. The Morgan fingerprint density at radius 1 is 1.21 bits per heavy atom. The van der Waals surface area contributed by atoms with E-state index in [-0.39, 0.29) is 18.0 Å². The number of hydrogen-bond donors (Lipinski definition) is 2. The lowest BCUT2D eigenvalue weighted by molar-refractivity contribution is 0.0951. The summed E-state index contributed by atoms with van der Waals surface area (Å²) in [6.45, 7) is 1.92. The molecule has 0 unspecified atom stereocenters. The van der Waals surface area contributed by atoms with Gasteiger partial charge in [0.1, 0.15) is 11.6 Å². The van der Waals surface area contributed by atoms with Crippen LogP contribution in [0.4, 0.5) is 8.78 Å². The van der Waals surface area contributed by atoms with Crippen molar-refractivity contribution in [2.24, 2.45) is 0 Å². The molecule has 3 aromatic rings. The highest BCUT2D eigenvalue weighted by atomic mass is 19.1. The highest BCUT2D eigenvalue weighted by Gasteiger charge is 2.15. The van der Waals surface area contributed by atoms with Gasteiger partial charge < -0.3 is 5.32 Å². The maximum atomic E-state index is 13.6. The van der Waals surface area contributed by atoms with Gasteiger partial charge in [0.05, 0.1) is 17.5 Å². The van der Waals surface area contributed by atoms with E-state index in [0.29, 0.717) is 11.3 Å². The zero-order valence-corrected chi connectivity index (χ0v) is 12.9. The summed E-state index contributed by atoms with van der Waals surface area (Å²) < 4.78 is 26.5. The number of benzene rings is 2. The van der Waals surface area contributed by atoms with Crippen molar-refractivity contribution in [3.8, 4) is 11.3 Å². The summed E-state index contributed by atoms with van der Waals surface area (Å²) >= 11 is 0. The van der Waals surface area contributed by atoms with Crippen molar-refractivity contribution >= 4 is 5.91 Å². The van der Waals surface area contributed by atoms with E-state index in [1.807, 2.05) is 31.2 Å². The number of nitrogens with zero attached hydrogens (tertiary/aromatic N) is 1. The van der Waals surface area contributed by atoms with Crippen molar-refractivity contribution in [1.82, 2.24) is 15.5 Å². The van der Waals surface area contributed by atoms with Gasteiger partial charge in [-0.2, -0.15) is 5.10 Å². The van der Waals surface area contributed by atoms with Gasteiger partial charge in [0.2, 0.25) is 0 Å². The molecule has 6 heteroatoms. The monoisotopic (exact) mass is 327 g/mol. The number of aromatic nitrogens is 2. The maximum Gasteiger partial charge on any atom is 0.255 e. The van der Waals surface area contributed by atoms with E-state index in [4.69, 9.17) is 0 Å². The smallest absolute Gasteiger partial charge is 0.255 e. The summed E-state index contributed by atoms with van der Waals surface area (Å²) in [7, 11) is 0. The van der Waals surface area contributed by atoms with Crippen molar-refractivity contribution in [1.29, 1.82) is 0 Å². The van der Waals surface area contributed by atoms with Crippen LogP contribution in [0.2, 0.25) is 0 Å². The number of hydrogen-bond acceptors (Lipinski definition) is 2. The number of amides is 1. The molecule has 0 saturated carbocycles. The van der Waals surface area contributed by atoms with Crippen LogP contribution in [0.5, 0.6) is 0 Å². The fourth-order valence-electron chi connectivity index (χ4n) is 2.41. The second-order valence-corrected chi connectivity index (χ2v) is 5.45. The van der Waals surface area contributed by atoms with Crippen LogP contribution in [0.1, 0.15) is 21.5 Å². The lowest BCUT2D eigenvalue weighted by Crippen LogP contribution is -2.23. The minimum atomic E-state index is -0.693. The lowest BCUT2D eigenvalue weighted by Gasteiger charge is -2.07. The number of aromatic amines is 1. The SMILES string of the molecule is Cc1cccc(-c2[nH]ncc2C(=O)NCc2ccc(F)cc2F)c1. The Morgan fingerprint density at radius 3 is 2.79 bits per heavy atom. The Labute approximate surface area is 137 Å². The number of rotatable bonds is 4. The summed E-state index contributed by atoms with van der Waals surface area (Å²) in [4.78, 5) is 12.4. The van der Waals surface area contributed by atoms with E-state index in [1.54, 1.807) is 0 Å². The average Bonchev–Trinajstić information content (AvgIpc) is 3.03. The molecule has 4 nitrogen and oxygen atoms in total. The first-order valence-corrected chi connectivity index (χ1v) is 7.37. The summed E-state index contributed by atoms with van der Waals surface area (Å²) in [5.41, 5.74) is 3.07. The van der Waals surface area contributed by atoms with Gasteiger partial charge in [-0.05, 0) is 19.1 Å². The highest BCUT2D eigenvalue weighted by molar-refractivity contribution is 5.99. The quantitative estimate of drug-likeness (QED) is 0.769. The Morgan fingerprint density at radius 2 is 2.04 bits per heavy atom. The number of halogens is 2. The molecule has 122 valence electrons. The van der Waals surface area contributed by atoms with E-state index >= 15 is 0 Å². The van der Waals surface area contributed by atoms with Gasteiger partial charge in [0.25, 0.3) is 5.91 Å². The molecular formula is C18H15F2N3O. The second kappa shape index (κ2) is 6.62. The third-order valence-electron chi connectivity index (χ3n) is 3.65. The zero-order chi connectivity index (χ0) is 17.1. The third-order valence-corrected chi connectivity index (χ3v) is 3.65. The van der Waals surface area contributed by atoms with Crippen LogP contribution in [-0.2, 0) is 6.54 Å². The van der Waals surface area contributed by atoms with Crippen LogP contribution in [0, 0.1) is 18.6 Å². The molecule has 0 spiro atoms. The van der Waals surface area contributed by atoms with Crippen molar-refractivity contribution in [2.45, 2.75) is 13.5 Å². The van der Waals surface area contributed by atoms with Crippen molar-refractivity contribution < 1.29 is 13.6 Å². The van der Waals surface area contributed by atoms with E-state index in [2.05, 4.69) is 15.5 Å². The first-order valence-electron chi connectivity index (χ1n) is 7.37. The number of carbonyl (C=O) groups excluding carboxylic acids is 1. The van der Waals surface area contributed by atoms with Gasteiger partial charge in [-0.3, -0.25) is 9.89 Å². The molecule has 0 aliphatic rings. The molecule has 0 aliphatic carbocycles. The highest BCUT2D eigenvalue weighted by Crippen LogP contribution is 2.22. The predicted molar refractivity (Wildman–Crippen MR) is 86.3 cm³/mol. The average molecular weight is 327 g/mol. The van der Waals surface area contributed by atoms with Crippen LogP contribution in [0.15, 0.2) is 48.7 Å². The number of aryl methyl sites for hydroxylation is 1. The molecule has 0 radical (unpaired) electrons. The summed E-state index contributed by atoms with van der Waals surface area (Å²) in [5.74, 6) is -1.73. The van der Waals surface area contributed by atoms with Crippen LogP contribution in [-0.4, -0.2) is 16.1 Å². The van der Waals surface area contributed by atoms with Crippen molar-refractivity contribution in [3.63, 3.8) is 0 Å². The maximum absolute atomic E-state index is 13.6. The van der Waals surface area contributed by atoms with Gasteiger partial charge in [-0.1, -0.05) is 29.8 Å². The third kappa shape index (κ3) is 3.32. The van der Waals surface area contributed by atoms with Gasteiger partial charge in [-0.15, -0.1) is 0 Å². The van der Waals surface area contributed by atoms with Crippen LogP contribution < -0.4 is 5.32 Å². The van der Waals surface area contributed by atoms with Crippen molar-refractivity contribution in [2.75, 3.05) is 0 Å².